The summed E-state index contributed by atoms with van der Waals surface area (Å²) in [4.78, 5) is 26.1. The zero-order chi connectivity index (χ0) is 21.5. The minimum Gasteiger partial charge on any atom is -0.493 e. The van der Waals surface area contributed by atoms with Crippen LogP contribution in [0.2, 0.25) is 0 Å². The summed E-state index contributed by atoms with van der Waals surface area (Å²) in [5.74, 6) is 0.318. The summed E-state index contributed by atoms with van der Waals surface area (Å²) in [5, 5.41) is 7.39. The van der Waals surface area contributed by atoms with Crippen LogP contribution in [0.3, 0.4) is 0 Å². The third kappa shape index (κ3) is 5.07. The van der Waals surface area contributed by atoms with E-state index in [1.54, 1.807) is 48.9 Å². The molecule has 1 aromatic heterocycles. The van der Waals surface area contributed by atoms with E-state index in [2.05, 4.69) is 10.6 Å². The Hall–Kier alpha value is -3.58. The molecule has 2 aromatic carbocycles. The zero-order valence-corrected chi connectivity index (χ0v) is 17.7. The van der Waals surface area contributed by atoms with Crippen LogP contribution in [0, 0.1) is 6.92 Å². The van der Waals surface area contributed by atoms with Crippen LogP contribution in [0.25, 0.3) is 6.08 Å². The van der Waals surface area contributed by atoms with Gasteiger partial charge in [-0.05, 0) is 53.8 Å². The number of aryl methyl sites for hydroxylation is 1. The molecule has 0 atom stereocenters. The summed E-state index contributed by atoms with van der Waals surface area (Å²) in [7, 11) is 3.09. The Bertz CT molecular complexity index is 1070. The summed E-state index contributed by atoms with van der Waals surface area (Å²) < 4.78 is 10.6. The molecule has 3 aromatic rings. The van der Waals surface area contributed by atoms with Gasteiger partial charge in [-0.3, -0.25) is 9.59 Å². The van der Waals surface area contributed by atoms with Crippen LogP contribution in [0.4, 0.5) is 5.69 Å². The minimum absolute atomic E-state index is 0.115. The van der Waals surface area contributed by atoms with E-state index in [1.165, 1.54) is 18.4 Å². The van der Waals surface area contributed by atoms with Crippen molar-refractivity contribution >= 4 is 34.9 Å². The van der Waals surface area contributed by atoms with Gasteiger partial charge in [-0.2, -0.15) is 0 Å². The first kappa shape index (κ1) is 21.1. The Labute approximate surface area is 179 Å². The number of thiophene rings is 1. The van der Waals surface area contributed by atoms with Crippen molar-refractivity contribution in [3.8, 4) is 11.5 Å². The lowest BCUT2D eigenvalue weighted by Crippen LogP contribution is -2.30. The molecule has 154 valence electrons. The molecule has 0 fully saturated rings. The van der Waals surface area contributed by atoms with Gasteiger partial charge in [-0.1, -0.05) is 30.3 Å². The number of hydrogen-bond donors (Lipinski definition) is 2. The molecule has 0 bridgehead atoms. The quantitative estimate of drug-likeness (QED) is 0.550. The van der Waals surface area contributed by atoms with Crippen LogP contribution in [0.15, 0.2) is 65.7 Å². The maximum absolute atomic E-state index is 13.0. The number of anilines is 1. The Morgan fingerprint density at radius 2 is 1.73 bits per heavy atom. The fourth-order valence-corrected chi connectivity index (χ4v) is 3.38. The van der Waals surface area contributed by atoms with Crippen LogP contribution in [-0.4, -0.2) is 26.0 Å². The lowest BCUT2D eigenvalue weighted by molar-refractivity contribution is -0.113. The molecule has 0 aliphatic carbocycles. The first-order valence-corrected chi connectivity index (χ1v) is 10.1. The minimum atomic E-state index is -0.427. The van der Waals surface area contributed by atoms with E-state index >= 15 is 0 Å². The number of para-hydroxylation sites is 1. The highest BCUT2D eigenvalue weighted by Crippen LogP contribution is 2.28. The number of ether oxygens (including phenoxy) is 2. The van der Waals surface area contributed by atoms with Crippen molar-refractivity contribution in [2.45, 2.75) is 6.92 Å². The second-order valence-corrected chi connectivity index (χ2v) is 7.32. The number of carbonyl (C=O) groups excluding carboxylic acids is 2. The van der Waals surface area contributed by atoms with Gasteiger partial charge in [0.25, 0.3) is 11.8 Å². The summed E-state index contributed by atoms with van der Waals surface area (Å²) in [6, 6.07) is 16.2. The molecule has 30 heavy (non-hydrogen) atoms. The molecule has 6 nitrogen and oxygen atoms in total. The fourth-order valence-electron chi connectivity index (χ4n) is 2.76. The molecule has 0 saturated heterocycles. The predicted molar refractivity (Wildman–Crippen MR) is 119 cm³/mol. The number of nitrogens with one attached hydrogen (secondary N) is 2. The first-order valence-electron chi connectivity index (χ1n) is 9.17. The van der Waals surface area contributed by atoms with Crippen molar-refractivity contribution < 1.29 is 19.1 Å². The Morgan fingerprint density at radius 1 is 0.967 bits per heavy atom. The third-order valence-electron chi connectivity index (χ3n) is 4.35. The molecule has 0 aliphatic heterocycles. The van der Waals surface area contributed by atoms with Gasteiger partial charge in [0, 0.05) is 5.69 Å². The topological polar surface area (TPSA) is 76.7 Å². The van der Waals surface area contributed by atoms with E-state index in [1.807, 2.05) is 31.2 Å². The van der Waals surface area contributed by atoms with Gasteiger partial charge < -0.3 is 20.1 Å². The van der Waals surface area contributed by atoms with Crippen molar-refractivity contribution in [2.24, 2.45) is 0 Å². The van der Waals surface area contributed by atoms with Gasteiger partial charge in [0.05, 0.1) is 19.1 Å². The maximum Gasteiger partial charge on any atom is 0.272 e. The number of amides is 2. The molecule has 0 aliphatic rings. The molecule has 0 radical (unpaired) electrons. The maximum atomic E-state index is 13.0. The number of benzene rings is 2. The number of methoxy groups -OCH3 is 2. The molecule has 1 heterocycles. The molecule has 0 unspecified atom stereocenters. The molecular formula is C23H22N2O4S. The molecule has 0 spiro atoms. The van der Waals surface area contributed by atoms with Crippen molar-refractivity contribution in [3.63, 3.8) is 0 Å². The fraction of sp³-hybridized carbons (Fsp3) is 0.130. The van der Waals surface area contributed by atoms with E-state index in [-0.39, 0.29) is 11.6 Å². The van der Waals surface area contributed by atoms with E-state index in [0.29, 0.717) is 27.6 Å². The summed E-state index contributed by atoms with van der Waals surface area (Å²) in [6.07, 6.45) is 1.60. The number of carbonyl (C=O) groups is 2. The zero-order valence-electron chi connectivity index (χ0n) is 16.9. The van der Waals surface area contributed by atoms with Gasteiger partial charge >= 0.3 is 0 Å². The predicted octanol–water partition coefficient (Wildman–Crippen LogP) is 4.48. The van der Waals surface area contributed by atoms with Crippen LogP contribution < -0.4 is 20.1 Å². The molecule has 3 rings (SSSR count). The summed E-state index contributed by atoms with van der Waals surface area (Å²) >= 11 is 1.30. The van der Waals surface area contributed by atoms with E-state index in [4.69, 9.17) is 9.47 Å². The van der Waals surface area contributed by atoms with Gasteiger partial charge in [0.15, 0.2) is 11.5 Å². The SMILES string of the molecule is COc1ccc(/C=C(/NC(=O)c2cccs2)C(=O)Nc2ccccc2C)cc1OC. The van der Waals surface area contributed by atoms with Crippen LogP contribution >= 0.6 is 11.3 Å². The van der Waals surface area contributed by atoms with E-state index < -0.39 is 5.91 Å². The highest BCUT2D eigenvalue weighted by Gasteiger charge is 2.16. The Balaban J connectivity index is 1.94. The Morgan fingerprint density at radius 3 is 2.40 bits per heavy atom. The monoisotopic (exact) mass is 422 g/mol. The van der Waals surface area contributed by atoms with Crippen LogP contribution in [0.1, 0.15) is 20.8 Å². The second-order valence-electron chi connectivity index (χ2n) is 6.37. The van der Waals surface area contributed by atoms with Crippen molar-refractivity contribution in [1.29, 1.82) is 0 Å². The van der Waals surface area contributed by atoms with E-state index in [0.717, 1.165) is 5.56 Å². The Kier molecular flexibility index (Phi) is 6.87. The third-order valence-corrected chi connectivity index (χ3v) is 5.22. The van der Waals surface area contributed by atoms with E-state index in [9.17, 15) is 9.59 Å². The lowest BCUT2D eigenvalue weighted by Gasteiger charge is -2.13. The van der Waals surface area contributed by atoms with Crippen molar-refractivity contribution in [2.75, 3.05) is 19.5 Å². The number of rotatable bonds is 7. The van der Waals surface area contributed by atoms with Gasteiger partial charge in [0.1, 0.15) is 5.70 Å². The lowest BCUT2D eigenvalue weighted by atomic mass is 10.1. The van der Waals surface area contributed by atoms with Gasteiger partial charge in [0.2, 0.25) is 0 Å². The molecule has 0 saturated carbocycles. The standard InChI is InChI=1S/C23H22N2O4S/c1-15-7-4-5-8-17(15)24-22(26)18(25-23(27)21-9-6-12-30-21)13-16-10-11-19(28-2)20(14-16)29-3/h4-14H,1-3H3,(H,24,26)(H,25,27)/b18-13+. The number of hydrogen-bond acceptors (Lipinski definition) is 5. The van der Waals surface area contributed by atoms with Crippen LogP contribution in [0.5, 0.6) is 11.5 Å². The average molecular weight is 423 g/mol. The highest BCUT2D eigenvalue weighted by molar-refractivity contribution is 7.12. The highest BCUT2D eigenvalue weighted by atomic mass is 32.1. The molecular weight excluding hydrogens is 400 g/mol. The average Bonchev–Trinajstić information content (AvgIpc) is 3.29. The molecule has 2 amide bonds. The summed E-state index contributed by atoms with van der Waals surface area (Å²) in [5.41, 5.74) is 2.38. The smallest absolute Gasteiger partial charge is 0.272 e. The molecule has 2 N–H and O–H groups in total. The molecule has 7 heteroatoms. The van der Waals surface area contributed by atoms with Gasteiger partial charge in [-0.15, -0.1) is 11.3 Å². The van der Waals surface area contributed by atoms with Crippen molar-refractivity contribution in [3.05, 3.63) is 81.7 Å². The first-order chi connectivity index (χ1) is 14.5. The van der Waals surface area contributed by atoms with Crippen LogP contribution in [-0.2, 0) is 4.79 Å². The normalized spacial score (nSPS) is 11.0. The largest absolute Gasteiger partial charge is 0.493 e. The van der Waals surface area contributed by atoms with Gasteiger partial charge in [-0.25, -0.2) is 0 Å². The summed E-state index contributed by atoms with van der Waals surface area (Å²) in [6.45, 7) is 1.90. The van der Waals surface area contributed by atoms with Crippen molar-refractivity contribution in [1.82, 2.24) is 5.32 Å². The second kappa shape index (κ2) is 9.76.